The smallest absolute Gasteiger partial charge is 0.140 e. The number of aryl methyl sites for hydroxylation is 1. The largest absolute Gasteiger partial charge is 0.327 e. The number of nitrogens with two attached hydrogens (primary N) is 1. The van der Waals surface area contributed by atoms with Gasteiger partial charge in [0.25, 0.3) is 0 Å². The third-order valence-corrected chi connectivity index (χ3v) is 3.70. The Morgan fingerprint density at radius 3 is 3.00 bits per heavy atom. The normalized spacial score (nSPS) is 18.0. The van der Waals surface area contributed by atoms with Crippen molar-refractivity contribution >= 4 is 28.3 Å². The maximum absolute atomic E-state index is 6.03. The molecule has 0 saturated heterocycles. The van der Waals surface area contributed by atoms with Crippen molar-refractivity contribution < 1.29 is 0 Å². The van der Waals surface area contributed by atoms with E-state index in [0.29, 0.717) is 0 Å². The maximum Gasteiger partial charge on any atom is 0.140 e. The van der Waals surface area contributed by atoms with Crippen molar-refractivity contribution in [3.05, 3.63) is 40.6 Å². The monoisotopic (exact) mass is 327 g/mol. The lowest BCUT2D eigenvalue weighted by Gasteiger charge is -2.22. The van der Waals surface area contributed by atoms with E-state index in [4.69, 9.17) is 5.73 Å². The van der Waals surface area contributed by atoms with Gasteiger partial charge in [0.1, 0.15) is 5.82 Å². The highest BCUT2D eigenvalue weighted by Gasteiger charge is 2.19. The van der Waals surface area contributed by atoms with Gasteiger partial charge in [-0.05, 0) is 25.0 Å². The molecule has 1 aliphatic rings. The number of rotatable bonds is 1. The highest BCUT2D eigenvalue weighted by Crippen LogP contribution is 2.26. The second-order valence-corrected chi connectivity index (χ2v) is 5.41. The number of halogens is 2. The summed E-state index contributed by atoms with van der Waals surface area (Å²) in [7, 11) is 0. The highest BCUT2D eigenvalue weighted by molar-refractivity contribution is 9.10. The van der Waals surface area contributed by atoms with E-state index in [2.05, 4.69) is 37.6 Å². The first-order valence-corrected chi connectivity index (χ1v) is 6.59. The van der Waals surface area contributed by atoms with Crippen LogP contribution in [0.3, 0.4) is 0 Å². The van der Waals surface area contributed by atoms with Crippen LogP contribution >= 0.6 is 28.3 Å². The lowest BCUT2D eigenvalue weighted by atomic mass is 10.1. The maximum atomic E-state index is 6.03. The zero-order valence-corrected chi connectivity index (χ0v) is 12.2. The van der Waals surface area contributed by atoms with Crippen molar-refractivity contribution in [3.63, 3.8) is 0 Å². The van der Waals surface area contributed by atoms with Gasteiger partial charge in [0, 0.05) is 34.5 Å². The Labute approximate surface area is 121 Å². The molecule has 1 aromatic carbocycles. The first kappa shape index (κ1) is 13.6. The molecule has 1 aliphatic heterocycles. The molecule has 1 unspecified atom stereocenters. The SMILES string of the molecule is Cl.NC1CCc2cnc(-c3cccc(Br)c3)n2C1. The second kappa shape index (κ2) is 5.43. The summed E-state index contributed by atoms with van der Waals surface area (Å²) < 4.78 is 3.32. The summed E-state index contributed by atoms with van der Waals surface area (Å²) in [5.41, 5.74) is 8.46. The van der Waals surface area contributed by atoms with Crippen molar-refractivity contribution in [1.82, 2.24) is 9.55 Å². The molecule has 3 rings (SSSR count). The van der Waals surface area contributed by atoms with Crippen LogP contribution in [0.4, 0.5) is 0 Å². The number of hydrogen-bond acceptors (Lipinski definition) is 2. The van der Waals surface area contributed by atoms with E-state index < -0.39 is 0 Å². The molecule has 1 atom stereocenters. The average Bonchev–Trinajstić information content (AvgIpc) is 2.71. The molecular weight excluding hydrogens is 314 g/mol. The molecule has 1 aromatic heterocycles. The van der Waals surface area contributed by atoms with Crippen LogP contribution in [0.1, 0.15) is 12.1 Å². The molecule has 96 valence electrons. The average molecular weight is 329 g/mol. The minimum atomic E-state index is 0. The highest BCUT2D eigenvalue weighted by atomic mass is 79.9. The van der Waals surface area contributed by atoms with Crippen LogP contribution in [0.2, 0.25) is 0 Å². The van der Waals surface area contributed by atoms with E-state index in [1.165, 1.54) is 5.69 Å². The number of fused-ring (bicyclic) bond motifs is 1. The Bertz CT molecular complexity index is 553. The van der Waals surface area contributed by atoms with Crippen LogP contribution in [-0.4, -0.2) is 15.6 Å². The van der Waals surface area contributed by atoms with E-state index in [1.54, 1.807) is 0 Å². The molecule has 2 heterocycles. The molecule has 0 radical (unpaired) electrons. The van der Waals surface area contributed by atoms with Gasteiger partial charge in [-0.25, -0.2) is 4.98 Å². The number of nitrogens with zero attached hydrogens (tertiary/aromatic N) is 2. The van der Waals surface area contributed by atoms with Crippen LogP contribution in [0.15, 0.2) is 34.9 Å². The van der Waals surface area contributed by atoms with Crippen molar-refractivity contribution in [2.24, 2.45) is 5.73 Å². The number of hydrogen-bond donors (Lipinski definition) is 1. The third kappa shape index (κ3) is 2.46. The number of aromatic nitrogens is 2. The van der Waals surface area contributed by atoms with Crippen LogP contribution < -0.4 is 5.73 Å². The predicted molar refractivity (Wildman–Crippen MR) is 78.9 cm³/mol. The summed E-state index contributed by atoms with van der Waals surface area (Å²) in [5, 5.41) is 0. The van der Waals surface area contributed by atoms with Gasteiger partial charge in [-0.15, -0.1) is 12.4 Å². The van der Waals surface area contributed by atoms with Crippen molar-refractivity contribution in [1.29, 1.82) is 0 Å². The molecule has 0 aliphatic carbocycles. The molecule has 2 aromatic rings. The van der Waals surface area contributed by atoms with E-state index in [9.17, 15) is 0 Å². The molecule has 3 nitrogen and oxygen atoms in total. The molecule has 0 spiro atoms. The molecule has 0 amide bonds. The zero-order valence-electron chi connectivity index (χ0n) is 9.84. The summed E-state index contributed by atoms with van der Waals surface area (Å²) in [4.78, 5) is 4.53. The summed E-state index contributed by atoms with van der Waals surface area (Å²) in [6.07, 6.45) is 4.06. The zero-order chi connectivity index (χ0) is 11.8. The Hall–Kier alpha value is -0.840. The minimum absolute atomic E-state index is 0. The number of imidazole rings is 1. The van der Waals surface area contributed by atoms with Crippen molar-refractivity contribution in [3.8, 4) is 11.4 Å². The Kier molecular flexibility index (Phi) is 4.10. The molecule has 0 bridgehead atoms. The fraction of sp³-hybridized carbons (Fsp3) is 0.308. The summed E-state index contributed by atoms with van der Waals surface area (Å²) >= 11 is 3.49. The Morgan fingerprint density at radius 1 is 1.39 bits per heavy atom. The number of benzene rings is 1. The molecule has 0 fully saturated rings. The van der Waals surface area contributed by atoms with E-state index in [1.807, 2.05) is 18.3 Å². The fourth-order valence-electron chi connectivity index (χ4n) is 2.33. The Balaban J connectivity index is 0.00000120. The van der Waals surface area contributed by atoms with Crippen LogP contribution in [0.5, 0.6) is 0 Å². The van der Waals surface area contributed by atoms with E-state index in [-0.39, 0.29) is 18.4 Å². The van der Waals surface area contributed by atoms with Crippen LogP contribution in [0, 0.1) is 0 Å². The van der Waals surface area contributed by atoms with Crippen LogP contribution in [-0.2, 0) is 13.0 Å². The first-order chi connectivity index (χ1) is 8.24. The van der Waals surface area contributed by atoms with Gasteiger partial charge in [-0.1, -0.05) is 28.1 Å². The van der Waals surface area contributed by atoms with Gasteiger partial charge < -0.3 is 10.3 Å². The summed E-state index contributed by atoms with van der Waals surface area (Å²) in [5.74, 6) is 1.02. The first-order valence-electron chi connectivity index (χ1n) is 5.80. The predicted octanol–water partition coefficient (Wildman–Crippen LogP) is 3.01. The van der Waals surface area contributed by atoms with Gasteiger partial charge >= 0.3 is 0 Å². The lowest BCUT2D eigenvalue weighted by Crippen LogP contribution is -2.31. The molecule has 18 heavy (non-hydrogen) atoms. The van der Waals surface area contributed by atoms with Gasteiger partial charge in [0.05, 0.1) is 0 Å². The quantitative estimate of drug-likeness (QED) is 0.874. The van der Waals surface area contributed by atoms with Gasteiger partial charge in [-0.2, -0.15) is 0 Å². The van der Waals surface area contributed by atoms with Crippen LogP contribution in [0.25, 0.3) is 11.4 Å². The molecule has 5 heteroatoms. The topological polar surface area (TPSA) is 43.8 Å². The lowest BCUT2D eigenvalue weighted by molar-refractivity contribution is 0.463. The summed E-state index contributed by atoms with van der Waals surface area (Å²) in [6, 6.07) is 8.48. The van der Waals surface area contributed by atoms with Crippen molar-refractivity contribution in [2.45, 2.75) is 25.4 Å². The minimum Gasteiger partial charge on any atom is -0.327 e. The Morgan fingerprint density at radius 2 is 2.22 bits per heavy atom. The summed E-state index contributed by atoms with van der Waals surface area (Å²) in [6.45, 7) is 0.872. The van der Waals surface area contributed by atoms with Gasteiger partial charge in [0.15, 0.2) is 0 Å². The van der Waals surface area contributed by atoms with Crippen molar-refractivity contribution in [2.75, 3.05) is 0 Å². The standard InChI is InChI=1S/C13H14BrN3.ClH/c14-10-3-1-2-9(6-10)13-16-7-12-5-4-11(15)8-17(12)13;/h1-3,6-7,11H,4-5,8,15H2;1H. The van der Waals surface area contributed by atoms with E-state index in [0.717, 1.165) is 35.2 Å². The second-order valence-electron chi connectivity index (χ2n) is 4.49. The fourth-order valence-corrected chi connectivity index (χ4v) is 2.73. The van der Waals surface area contributed by atoms with Gasteiger partial charge in [-0.3, -0.25) is 0 Å². The van der Waals surface area contributed by atoms with E-state index >= 15 is 0 Å². The molecular formula is C13H15BrClN3. The molecule has 0 saturated carbocycles. The van der Waals surface area contributed by atoms with Gasteiger partial charge in [0.2, 0.25) is 0 Å². The third-order valence-electron chi connectivity index (χ3n) is 3.21. The molecule has 2 N–H and O–H groups in total.